The number of aromatic nitrogens is 2. The van der Waals surface area contributed by atoms with Gasteiger partial charge in [0.05, 0.1) is 6.20 Å². The molecule has 98 valence electrons. The van der Waals surface area contributed by atoms with E-state index in [1.807, 2.05) is 13.8 Å². The highest BCUT2D eigenvalue weighted by atomic mass is 19.3. The molecule has 1 aromatic rings. The highest BCUT2D eigenvalue weighted by Gasteiger charge is 2.41. The van der Waals surface area contributed by atoms with Gasteiger partial charge in [-0.2, -0.15) is 13.9 Å². The fraction of sp³-hybridized carbons (Fsp3) is 0.700. The normalized spacial score (nSPS) is 14.3. The third kappa shape index (κ3) is 3.69. The van der Waals surface area contributed by atoms with Gasteiger partial charge >= 0.3 is 12.3 Å². The maximum atomic E-state index is 12.8. The average Bonchev–Trinajstić information content (AvgIpc) is 2.65. The Balaban J connectivity index is 2.69. The topological polar surface area (TPSA) is 29.9 Å². The fourth-order valence-corrected chi connectivity index (χ4v) is 1.40. The van der Waals surface area contributed by atoms with Gasteiger partial charge < -0.3 is 5.32 Å². The Morgan fingerprint density at radius 2 is 2.12 bits per heavy atom. The molecular formula is C10H15F4N3. The van der Waals surface area contributed by atoms with Crippen molar-refractivity contribution in [3.8, 4) is 0 Å². The lowest BCUT2D eigenvalue weighted by Gasteiger charge is -2.14. The molecule has 0 saturated carbocycles. The van der Waals surface area contributed by atoms with E-state index >= 15 is 0 Å². The zero-order valence-electron chi connectivity index (χ0n) is 9.63. The van der Waals surface area contributed by atoms with Gasteiger partial charge in [-0.15, -0.1) is 0 Å². The van der Waals surface area contributed by atoms with Crippen molar-refractivity contribution in [3.05, 3.63) is 18.0 Å². The van der Waals surface area contributed by atoms with Crippen LogP contribution in [0.4, 0.5) is 17.6 Å². The molecule has 17 heavy (non-hydrogen) atoms. The smallest absolute Gasteiger partial charge is 0.310 e. The monoisotopic (exact) mass is 253 g/mol. The molecule has 0 spiro atoms. The first kappa shape index (κ1) is 14.0. The Hall–Kier alpha value is -1.11. The first-order valence-electron chi connectivity index (χ1n) is 5.28. The van der Waals surface area contributed by atoms with Crippen LogP contribution in [0.25, 0.3) is 0 Å². The lowest BCUT2D eigenvalue weighted by atomic mass is 10.2. The van der Waals surface area contributed by atoms with Crippen LogP contribution in [0.5, 0.6) is 0 Å². The molecule has 0 bridgehead atoms. The van der Waals surface area contributed by atoms with Gasteiger partial charge in [-0.05, 0) is 13.5 Å². The molecule has 1 unspecified atom stereocenters. The SMILES string of the molecule is CCNC(C)c1cnn(CC(F)(F)C(F)F)c1. The minimum Gasteiger partial charge on any atom is -0.310 e. The molecule has 3 nitrogen and oxygen atoms in total. The Morgan fingerprint density at radius 3 is 2.65 bits per heavy atom. The maximum Gasteiger partial charge on any atom is 0.326 e. The van der Waals surface area contributed by atoms with E-state index in [2.05, 4.69) is 10.4 Å². The maximum absolute atomic E-state index is 12.8. The van der Waals surface area contributed by atoms with Crippen LogP contribution in [0, 0.1) is 0 Å². The quantitative estimate of drug-likeness (QED) is 0.789. The average molecular weight is 253 g/mol. The van der Waals surface area contributed by atoms with E-state index in [9.17, 15) is 17.6 Å². The third-order valence-electron chi connectivity index (χ3n) is 2.36. The van der Waals surface area contributed by atoms with Crippen molar-refractivity contribution in [1.29, 1.82) is 0 Å². The fourth-order valence-electron chi connectivity index (χ4n) is 1.40. The number of nitrogens with zero attached hydrogens (tertiary/aromatic N) is 2. The van der Waals surface area contributed by atoms with Crippen molar-refractivity contribution in [2.45, 2.75) is 38.8 Å². The molecule has 0 radical (unpaired) electrons. The van der Waals surface area contributed by atoms with E-state index in [-0.39, 0.29) is 6.04 Å². The predicted octanol–water partition coefficient (Wildman–Crippen LogP) is 2.45. The summed E-state index contributed by atoms with van der Waals surface area (Å²) >= 11 is 0. The molecule has 1 atom stereocenters. The standard InChI is InChI=1S/C10H15F4N3/c1-3-15-7(2)8-4-16-17(5-8)6-10(13,14)9(11)12/h4-5,7,9,15H,3,6H2,1-2H3. The van der Waals surface area contributed by atoms with Gasteiger partial charge in [-0.3, -0.25) is 4.68 Å². The van der Waals surface area contributed by atoms with Crippen LogP contribution in [0.3, 0.4) is 0 Å². The van der Waals surface area contributed by atoms with Crippen LogP contribution in [0.15, 0.2) is 12.4 Å². The van der Waals surface area contributed by atoms with Gasteiger partial charge in [-0.1, -0.05) is 6.92 Å². The van der Waals surface area contributed by atoms with Crippen molar-refractivity contribution >= 4 is 0 Å². The van der Waals surface area contributed by atoms with Gasteiger partial charge in [-0.25, -0.2) is 8.78 Å². The minimum absolute atomic E-state index is 0.0473. The Kier molecular flexibility index (Phi) is 4.50. The van der Waals surface area contributed by atoms with E-state index in [0.717, 1.165) is 11.2 Å². The van der Waals surface area contributed by atoms with E-state index in [1.165, 1.54) is 12.4 Å². The van der Waals surface area contributed by atoms with Crippen molar-refractivity contribution in [3.63, 3.8) is 0 Å². The van der Waals surface area contributed by atoms with Crippen molar-refractivity contribution in [2.75, 3.05) is 6.54 Å². The molecule has 0 saturated heterocycles. The molecule has 1 aromatic heterocycles. The minimum atomic E-state index is -4.05. The van der Waals surface area contributed by atoms with Crippen LogP contribution in [0.1, 0.15) is 25.5 Å². The summed E-state index contributed by atoms with van der Waals surface area (Å²) in [4.78, 5) is 0. The zero-order valence-corrected chi connectivity index (χ0v) is 9.63. The number of hydrogen-bond acceptors (Lipinski definition) is 2. The second kappa shape index (κ2) is 5.48. The highest BCUT2D eigenvalue weighted by molar-refractivity contribution is 5.09. The lowest BCUT2D eigenvalue weighted by molar-refractivity contribution is -0.139. The molecule has 7 heteroatoms. The van der Waals surface area contributed by atoms with E-state index in [1.54, 1.807) is 0 Å². The number of halogens is 4. The first-order valence-corrected chi connectivity index (χ1v) is 5.28. The molecule has 1 heterocycles. The molecule has 0 aliphatic heterocycles. The Labute approximate surface area is 96.8 Å². The summed E-state index contributed by atoms with van der Waals surface area (Å²) in [6.45, 7) is 3.37. The number of nitrogens with one attached hydrogen (secondary N) is 1. The van der Waals surface area contributed by atoms with Gasteiger partial charge in [0.1, 0.15) is 6.54 Å². The molecule has 0 aliphatic rings. The van der Waals surface area contributed by atoms with Crippen LogP contribution in [0.2, 0.25) is 0 Å². The van der Waals surface area contributed by atoms with Gasteiger partial charge in [0.15, 0.2) is 0 Å². The van der Waals surface area contributed by atoms with Crippen LogP contribution in [-0.4, -0.2) is 28.7 Å². The molecule has 1 rings (SSSR count). The van der Waals surface area contributed by atoms with E-state index < -0.39 is 18.9 Å². The van der Waals surface area contributed by atoms with Gasteiger partial charge in [0.2, 0.25) is 0 Å². The third-order valence-corrected chi connectivity index (χ3v) is 2.36. The molecule has 0 aliphatic carbocycles. The van der Waals surface area contributed by atoms with Crippen LogP contribution < -0.4 is 5.32 Å². The number of alkyl halides is 4. The highest BCUT2D eigenvalue weighted by Crippen LogP contribution is 2.25. The Bertz CT molecular complexity index is 351. The summed E-state index contributed by atoms with van der Waals surface area (Å²) in [5.74, 6) is -4.05. The second-order valence-electron chi connectivity index (χ2n) is 3.81. The van der Waals surface area contributed by atoms with Crippen molar-refractivity contribution in [2.24, 2.45) is 0 Å². The zero-order chi connectivity index (χ0) is 13.1. The van der Waals surface area contributed by atoms with Crippen LogP contribution in [-0.2, 0) is 6.54 Å². The lowest BCUT2D eigenvalue weighted by Crippen LogP contribution is -2.32. The van der Waals surface area contributed by atoms with Crippen molar-refractivity contribution in [1.82, 2.24) is 15.1 Å². The molecule has 0 aromatic carbocycles. The molecule has 0 amide bonds. The molecular weight excluding hydrogens is 238 g/mol. The summed E-state index contributed by atoms with van der Waals surface area (Å²) in [6, 6.07) is -0.0473. The van der Waals surface area contributed by atoms with E-state index in [4.69, 9.17) is 0 Å². The number of hydrogen-bond donors (Lipinski definition) is 1. The van der Waals surface area contributed by atoms with Gasteiger partial charge in [0, 0.05) is 17.8 Å². The summed E-state index contributed by atoms with van der Waals surface area (Å²) in [7, 11) is 0. The predicted molar refractivity (Wildman–Crippen MR) is 55.3 cm³/mol. The molecule has 0 fully saturated rings. The summed E-state index contributed by atoms with van der Waals surface area (Å²) < 4.78 is 50.3. The molecule has 1 N–H and O–H groups in total. The Morgan fingerprint density at radius 1 is 1.47 bits per heavy atom. The number of rotatable bonds is 6. The summed E-state index contributed by atoms with van der Waals surface area (Å²) in [6.07, 6.45) is -0.931. The summed E-state index contributed by atoms with van der Waals surface area (Å²) in [5.41, 5.74) is 0.692. The second-order valence-corrected chi connectivity index (χ2v) is 3.81. The largest absolute Gasteiger partial charge is 0.326 e. The van der Waals surface area contributed by atoms with Gasteiger partial charge in [0.25, 0.3) is 0 Å². The van der Waals surface area contributed by atoms with Crippen LogP contribution >= 0.6 is 0 Å². The van der Waals surface area contributed by atoms with E-state index in [0.29, 0.717) is 5.56 Å². The van der Waals surface area contributed by atoms with Crippen molar-refractivity contribution < 1.29 is 17.6 Å². The summed E-state index contributed by atoms with van der Waals surface area (Å²) in [5, 5.41) is 6.72. The first-order chi connectivity index (χ1) is 7.86.